The first-order valence-electron chi connectivity index (χ1n) is 6.35. The summed E-state index contributed by atoms with van der Waals surface area (Å²) in [6.07, 6.45) is 4.09. The largest absolute Gasteiger partial charge is 0.370 e. The second-order valence-electron chi connectivity index (χ2n) is 5.39. The van der Waals surface area contributed by atoms with Gasteiger partial charge in [-0.05, 0) is 31.6 Å². The van der Waals surface area contributed by atoms with Crippen molar-refractivity contribution < 1.29 is 9.59 Å². The van der Waals surface area contributed by atoms with Gasteiger partial charge in [-0.1, -0.05) is 0 Å². The van der Waals surface area contributed by atoms with Gasteiger partial charge in [-0.3, -0.25) is 9.59 Å². The number of amides is 2. The van der Waals surface area contributed by atoms with Crippen LogP contribution in [0.4, 0.5) is 0 Å². The first-order chi connectivity index (χ1) is 8.07. The third-order valence-corrected chi connectivity index (χ3v) is 4.09. The lowest BCUT2D eigenvalue weighted by Gasteiger charge is -2.33. The Hall–Kier alpha value is -1.10. The molecule has 5 nitrogen and oxygen atoms in total. The minimum Gasteiger partial charge on any atom is -0.370 e. The summed E-state index contributed by atoms with van der Waals surface area (Å²) in [5.74, 6) is 0.331. The van der Waals surface area contributed by atoms with Crippen molar-refractivity contribution in [2.75, 3.05) is 19.6 Å². The molecule has 2 rings (SSSR count). The van der Waals surface area contributed by atoms with E-state index in [9.17, 15) is 9.59 Å². The second-order valence-corrected chi connectivity index (χ2v) is 5.39. The average Bonchev–Trinajstić information content (AvgIpc) is 3.09. The van der Waals surface area contributed by atoms with Gasteiger partial charge in [0.05, 0.1) is 5.41 Å². The van der Waals surface area contributed by atoms with Gasteiger partial charge in [-0.2, -0.15) is 0 Å². The van der Waals surface area contributed by atoms with Crippen LogP contribution in [0.25, 0.3) is 0 Å². The summed E-state index contributed by atoms with van der Waals surface area (Å²) < 4.78 is 0. The third kappa shape index (κ3) is 2.60. The summed E-state index contributed by atoms with van der Waals surface area (Å²) in [4.78, 5) is 24.9. The van der Waals surface area contributed by atoms with Gasteiger partial charge in [0.2, 0.25) is 11.8 Å². The number of hydrogen-bond acceptors (Lipinski definition) is 3. The Morgan fingerprint density at radius 1 is 1.24 bits per heavy atom. The highest BCUT2D eigenvalue weighted by molar-refractivity contribution is 5.85. The fourth-order valence-corrected chi connectivity index (χ4v) is 2.62. The first-order valence-corrected chi connectivity index (χ1v) is 6.35. The quantitative estimate of drug-likeness (QED) is 0.714. The minimum atomic E-state index is -0.240. The number of nitrogens with zero attached hydrogens (tertiary/aromatic N) is 1. The van der Waals surface area contributed by atoms with E-state index >= 15 is 0 Å². The van der Waals surface area contributed by atoms with Crippen LogP contribution in [0.15, 0.2) is 0 Å². The fourth-order valence-electron chi connectivity index (χ4n) is 2.62. The van der Waals surface area contributed by atoms with Crippen LogP contribution in [0.5, 0.6) is 0 Å². The smallest absolute Gasteiger partial charge is 0.230 e. The molecule has 1 saturated heterocycles. The van der Waals surface area contributed by atoms with Crippen molar-refractivity contribution in [2.24, 2.45) is 22.8 Å². The Morgan fingerprint density at radius 3 is 2.24 bits per heavy atom. The maximum Gasteiger partial charge on any atom is 0.230 e. The lowest BCUT2D eigenvalue weighted by Crippen LogP contribution is -2.45. The second kappa shape index (κ2) is 4.64. The summed E-state index contributed by atoms with van der Waals surface area (Å²) in [5.41, 5.74) is 10.6. The van der Waals surface area contributed by atoms with Gasteiger partial charge in [0.25, 0.3) is 0 Å². The van der Waals surface area contributed by atoms with E-state index in [-0.39, 0.29) is 17.2 Å². The highest BCUT2D eigenvalue weighted by atomic mass is 16.2. The molecule has 4 N–H and O–H groups in total. The maximum absolute atomic E-state index is 12.2. The maximum atomic E-state index is 12.2. The number of nitrogens with two attached hydrogens (primary N) is 2. The van der Waals surface area contributed by atoms with Gasteiger partial charge in [0.15, 0.2) is 0 Å². The zero-order chi connectivity index (χ0) is 12.5. The van der Waals surface area contributed by atoms with Crippen LogP contribution in [0.2, 0.25) is 0 Å². The Morgan fingerprint density at radius 2 is 1.82 bits per heavy atom. The van der Waals surface area contributed by atoms with E-state index in [1.54, 1.807) is 0 Å². The highest BCUT2D eigenvalue weighted by Crippen LogP contribution is 2.46. The molecule has 0 radical (unpaired) electrons. The molecule has 2 aliphatic rings. The average molecular weight is 239 g/mol. The number of likely N-dealkylation sites (tertiary alicyclic amines) is 1. The molecular weight excluding hydrogens is 218 g/mol. The molecule has 0 bridgehead atoms. The number of carbonyl (C=O) groups excluding carboxylic acids is 2. The molecule has 2 fully saturated rings. The van der Waals surface area contributed by atoms with Crippen LogP contribution in [0.3, 0.4) is 0 Å². The lowest BCUT2D eigenvalue weighted by molar-refractivity contribution is -0.138. The van der Waals surface area contributed by atoms with Crippen molar-refractivity contribution in [3.05, 3.63) is 0 Å². The molecule has 1 heterocycles. The van der Waals surface area contributed by atoms with E-state index in [0.29, 0.717) is 18.9 Å². The summed E-state index contributed by atoms with van der Waals surface area (Å²) in [5, 5.41) is 0. The Kier molecular flexibility index (Phi) is 3.38. The number of carbonyl (C=O) groups is 2. The monoisotopic (exact) mass is 239 g/mol. The van der Waals surface area contributed by atoms with Crippen molar-refractivity contribution in [1.29, 1.82) is 0 Å². The Labute approximate surface area is 102 Å². The van der Waals surface area contributed by atoms with E-state index in [4.69, 9.17) is 11.5 Å². The van der Waals surface area contributed by atoms with E-state index < -0.39 is 0 Å². The summed E-state index contributed by atoms with van der Waals surface area (Å²) in [6.45, 7) is 1.96. The first kappa shape index (κ1) is 12.4. The molecule has 1 saturated carbocycles. The van der Waals surface area contributed by atoms with Crippen molar-refractivity contribution in [3.8, 4) is 0 Å². The van der Waals surface area contributed by atoms with Gasteiger partial charge in [0, 0.05) is 26.1 Å². The van der Waals surface area contributed by atoms with Gasteiger partial charge < -0.3 is 16.4 Å². The molecule has 17 heavy (non-hydrogen) atoms. The van der Waals surface area contributed by atoms with Crippen LogP contribution < -0.4 is 11.5 Å². The van der Waals surface area contributed by atoms with Crippen LogP contribution in [0.1, 0.15) is 32.1 Å². The molecule has 0 spiro atoms. The minimum absolute atomic E-state index is 0.220. The number of rotatable bonds is 4. The molecule has 2 amide bonds. The Balaban J connectivity index is 1.83. The number of primary amides is 1. The van der Waals surface area contributed by atoms with E-state index in [2.05, 4.69) is 0 Å². The number of piperidine rings is 1. The fraction of sp³-hybridized carbons (Fsp3) is 0.833. The van der Waals surface area contributed by atoms with E-state index in [1.807, 2.05) is 4.90 Å². The van der Waals surface area contributed by atoms with Crippen LogP contribution in [0, 0.1) is 11.3 Å². The molecular formula is C12H21N3O2. The zero-order valence-corrected chi connectivity index (χ0v) is 10.2. The molecule has 5 heteroatoms. The Bertz CT molecular complexity index is 318. The SMILES string of the molecule is NCC1(C(=O)N2CCC(CC(N)=O)CC2)CC1. The van der Waals surface area contributed by atoms with Gasteiger partial charge in [0.1, 0.15) is 0 Å². The van der Waals surface area contributed by atoms with E-state index in [1.165, 1.54) is 0 Å². The van der Waals surface area contributed by atoms with E-state index in [0.717, 1.165) is 38.8 Å². The molecule has 1 aliphatic heterocycles. The van der Waals surface area contributed by atoms with Crippen LogP contribution in [-0.2, 0) is 9.59 Å². The molecule has 96 valence electrons. The van der Waals surface area contributed by atoms with Crippen LogP contribution in [-0.4, -0.2) is 36.3 Å². The van der Waals surface area contributed by atoms with Crippen LogP contribution >= 0.6 is 0 Å². The standard InChI is InChI=1S/C12H21N3O2/c13-8-12(3-4-12)11(17)15-5-1-9(2-6-15)7-10(14)16/h9H,1-8,13H2,(H2,14,16). The summed E-state index contributed by atoms with van der Waals surface area (Å²) >= 11 is 0. The summed E-state index contributed by atoms with van der Waals surface area (Å²) in [6, 6.07) is 0. The summed E-state index contributed by atoms with van der Waals surface area (Å²) in [7, 11) is 0. The lowest BCUT2D eigenvalue weighted by atomic mass is 9.92. The van der Waals surface area contributed by atoms with Crippen molar-refractivity contribution in [3.63, 3.8) is 0 Å². The topological polar surface area (TPSA) is 89.4 Å². The molecule has 0 aromatic rings. The molecule has 0 aromatic carbocycles. The van der Waals surface area contributed by atoms with Crippen molar-refractivity contribution in [2.45, 2.75) is 32.1 Å². The van der Waals surface area contributed by atoms with Crippen molar-refractivity contribution in [1.82, 2.24) is 4.90 Å². The number of hydrogen-bond donors (Lipinski definition) is 2. The molecule has 0 aromatic heterocycles. The van der Waals surface area contributed by atoms with Crippen molar-refractivity contribution >= 4 is 11.8 Å². The molecule has 1 aliphatic carbocycles. The molecule has 0 unspecified atom stereocenters. The zero-order valence-electron chi connectivity index (χ0n) is 10.2. The predicted octanol–water partition coefficient (Wildman–Crippen LogP) is -0.161. The molecule has 0 atom stereocenters. The normalized spacial score (nSPS) is 23.5. The predicted molar refractivity (Wildman–Crippen MR) is 63.8 cm³/mol. The van der Waals surface area contributed by atoms with Gasteiger partial charge in [-0.15, -0.1) is 0 Å². The highest BCUT2D eigenvalue weighted by Gasteiger charge is 2.50. The third-order valence-electron chi connectivity index (χ3n) is 4.09. The van der Waals surface area contributed by atoms with Gasteiger partial charge in [-0.25, -0.2) is 0 Å². The van der Waals surface area contributed by atoms with Gasteiger partial charge >= 0.3 is 0 Å².